The third kappa shape index (κ3) is 1.92. The van der Waals surface area contributed by atoms with Gasteiger partial charge in [0.1, 0.15) is 0 Å². The van der Waals surface area contributed by atoms with Gasteiger partial charge in [0, 0.05) is 5.56 Å². The van der Waals surface area contributed by atoms with Gasteiger partial charge in [-0.3, -0.25) is 4.79 Å². The van der Waals surface area contributed by atoms with Crippen molar-refractivity contribution < 1.29 is 22.4 Å². The third-order valence-corrected chi connectivity index (χ3v) is 1.64. The highest BCUT2D eigenvalue weighted by Gasteiger charge is 2.45. The quantitative estimate of drug-likeness (QED) is 0.694. The van der Waals surface area contributed by atoms with Crippen molar-refractivity contribution >= 4 is 5.78 Å². The number of benzene rings is 1. The van der Waals surface area contributed by atoms with E-state index in [9.17, 15) is 22.4 Å². The molecule has 0 saturated carbocycles. The summed E-state index contributed by atoms with van der Waals surface area (Å²) in [6, 6.07) is 5.82. The molecule has 1 nitrogen and oxygen atoms in total. The van der Waals surface area contributed by atoms with Crippen molar-refractivity contribution in [3.63, 3.8) is 0 Å². The molecule has 0 spiro atoms. The minimum atomic E-state index is -4.12. The van der Waals surface area contributed by atoms with E-state index < -0.39 is 23.7 Å². The Morgan fingerprint density at radius 3 is 2.07 bits per heavy atom. The number of alkyl halides is 4. The van der Waals surface area contributed by atoms with Crippen LogP contribution in [-0.2, 0) is 10.7 Å². The third-order valence-electron chi connectivity index (χ3n) is 1.64. The maximum Gasteiger partial charge on any atom is 0.336 e. The fourth-order valence-electron chi connectivity index (χ4n) is 0.927. The molecule has 1 rings (SSSR count). The predicted octanol–water partition coefficient (Wildman–Crippen LogP) is 2.61. The standard InChI is InChI=1S/C9H6F4O/c10-8(11)7(14)9(12,13)6-4-2-1-3-5-6/h1-5,8H. The summed E-state index contributed by atoms with van der Waals surface area (Å²) in [5.74, 6) is -6.49. The molecular formula is C9H6F4O. The van der Waals surface area contributed by atoms with E-state index in [2.05, 4.69) is 0 Å². The number of rotatable bonds is 3. The van der Waals surface area contributed by atoms with Crippen molar-refractivity contribution in [1.29, 1.82) is 0 Å². The van der Waals surface area contributed by atoms with Crippen LogP contribution >= 0.6 is 0 Å². The molecule has 0 atom stereocenters. The van der Waals surface area contributed by atoms with Gasteiger partial charge in [-0.2, -0.15) is 8.78 Å². The first-order valence-corrected chi connectivity index (χ1v) is 3.72. The van der Waals surface area contributed by atoms with E-state index in [1.807, 2.05) is 0 Å². The largest absolute Gasteiger partial charge is 0.336 e. The van der Waals surface area contributed by atoms with Gasteiger partial charge in [-0.1, -0.05) is 30.3 Å². The molecule has 14 heavy (non-hydrogen) atoms. The lowest BCUT2D eigenvalue weighted by Gasteiger charge is -2.14. The van der Waals surface area contributed by atoms with Crippen molar-refractivity contribution in [2.75, 3.05) is 0 Å². The molecule has 0 saturated heterocycles. The second kappa shape index (κ2) is 3.77. The fraction of sp³-hybridized carbons (Fsp3) is 0.222. The zero-order valence-electron chi connectivity index (χ0n) is 6.88. The van der Waals surface area contributed by atoms with E-state index in [-0.39, 0.29) is 0 Å². The maximum absolute atomic E-state index is 13.0. The van der Waals surface area contributed by atoms with E-state index in [4.69, 9.17) is 0 Å². The van der Waals surface area contributed by atoms with Crippen LogP contribution in [0, 0.1) is 0 Å². The molecule has 0 amide bonds. The van der Waals surface area contributed by atoms with Gasteiger partial charge in [-0.25, -0.2) is 8.78 Å². The number of halogens is 4. The van der Waals surface area contributed by atoms with Crippen LogP contribution in [-0.4, -0.2) is 12.2 Å². The van der Waals surface area contributed by atoms with E-state index in [0.717, 1.165) is 12.1 Å². The normalized spacial score (nSPS) is 11.8. The molecule has 0 aliphatic heterocycles. The summed E-state index contributed by atoms with van der Waals surface area (Å²) in [4.78, 5) is 10.5. The van der Waals surface area contributed by atoms with Crippen molar-refractivity contribution in [2.45, 2.75) is 12.3 Å². The number of carbonyl (C=O) groups excluding carboxylic acids is 1. The Bertz CT molecular complexity index is 321. The summed E-state index contributed by atoms with van der Waals surface area (Å²) < 4.78 is 49.5. The average molecular weight is 206 g/mol. The van der Waals surface area contributed by atoms with Gasteiger partial charge in [0.25, 0.3) is 5.78 Å². The minimum absolute atomic E-state index is 0.717. The Morgan fingerprint density at radius 2 is 1.64 bits per heavy atom. The Hall–Kier alpha value is -1.39. The summed E-state index contributed by atoms with van der Waals surface area (Å²) in [7, 11) is 0. The summed E-state index contributed by atoms with van der Waals surface area (Å²) in [6.45, 7) is 0. The van der Waals surface area contributed by atoms with Crippen LogP contribution in [0.15, 0.2) is 30.3 Å². The van der Waals surface area contributed by atoms with Gasteiger partial charge >= 0.3 is 12.3 Å². The highest BCUT2D eigenvalue weighted by atomic mass is 19.3. The summed E-state index contributed by atoms with van der Waals surface area (Å²) >= 11 is 0. The zero-order valence-corrected chi connectivity index (χ0v) is 6.88. The molecular weight excluding hydrogens is 200 g/mol. The molecule has 0 radical (unpaired) electrons. The minimum Gasteiger partial charge on any atom is -0.286 e. The number of hydrogen-bond donors (Lipinski definition) is 0. The number of ketones is 1. The molecule has 0 unspecified atom stereocenters. The molecule has 0 aliphatic rings. The highest BCUT2D eigenvalue weighted by molar-refractivity contribution is 5.89. The SMILES string of the molecule is O=C(C(F)F)C(F)(F)c1ccccc1. The molecule has 1 aromatic rings. The number of Topliss-reactive ketones (excluding diaryl/α,β-unsaturated/α-hetero) is 1. The molecule has 0 aliphatic carbocycles. The van der Waals surface area contributed by atoms with Gasteiger partial charge in [0.2, 0.25) is 0 Å². The Balaban J connectivity index is 3.02. The first kappa shape index (κ1) is 10.7. The van der Waals surface area contributed by atoms with E-state index >= 15 is 0 Å². The van der Waals surface area contributed by atoms with Crippen LogP contribution in [0.4, 0.5) is 17.6 Å². The topological polar surface area (TPSA) is 17.1 Å². The molecule has 0 heterocycles. The number of carbonyl (C=O) groups is 1. The van der Waals surface area contributed by atoms with Gasteiger partial charge in [-0.05, 0) is 0 Å². The van der Waals surface area contributed by atoms with E-state index in [1.54, 1.807) is 0 Å². The van der Waals surface area contributed by atoms with Crippen LogP contribution in [0.1, 0.15) is 5.56 Å². The van der Waals surface area contributed by atoms with Gasteiger partial charge < -0.3 is 0 Å². The lowest BCUT2D eigenvalue weighted by Crippen LogP contribution is -2.31. The molecule has 1 aromatic carbocycles. The van der Waals surface area contributed by atoms with Gasteiger partial charge in [0.15, 0.2) is 0 Å². The van der Waals surface area contributed by atoms with Crippen LogP contribution in [0.25, 0.3) is 0 Å². The molecule has 0 N–H and O–H groups in total. The van der Waals surface area contributed by atoms with Crippen molar-refractivity contribution in [1.82, 2.24) is 0 Å². The first-order valence-electron chi connectivity index (χ1n) is 3.72. The summed E-state index contributed by atoms with van der Waals surface area (Å²) in [5.41, 5.74) is -0.717. The molecule has 0 bridgehead atoms. The lowest BCUT2D eigenvalue weighted by atomic mass is 10.1. The molecule has 0 aromatic heterocycles. The van der Waals surface area contributed by atoms with E-state index in [1.165, 1.54) is 18.2 Å². The van der Waals surface area contributed by atoms with E-state index in [0.29, 0.717) is 0 Å². The smallest absolute Gasteiger partial charge is 0.286 e. The van der Waals surface area contributed by atoms with Gasteiger partial charge in [-0.15, -0.1) is 0 Å². The van der Waals surface area contributed by atoms with Crippen LogP contribution in [0.5, 0.6) is 0 Å². The highest BCUT2D eigenvalue weighted by Crippen LogP contribution is 2.30. The number of hydrogen-bond acceptors (Lipinski definition) is 1. The summed E-state index contributed by atoms with van der Waals surface area (Å²) in [5, 5.41) is 0. The van der Waals surface area contributed by atoms with Crippen LogP contribution in [0.2, 0.25) is 0 Å². The second-order valence-electron chi connectivity index (χ2n) is 2.61. The Morgan fingerprint density at radius 1 is 1.14 bits per heavy atom. The van der Waals surface area contributed by atoms with Crippen molar-refractivity contribution in [2.24, 2.45) is 0 Å². The van der Waals surface area contributed by atoms with Gasteiger partial charge in [0.05, 0.1) is 0 Å². The molecule has 5 heteroatoms. The maximum atomic E-state index is 13.0. The Kier molecular flexibility index (Phi) is 2.88. The van der Waals surface area contributed by atoms with Crippen LogP contribution in [0.3, 0.4) is 0 Å². The summed E-state index contributed by atoms with van der Waals surface area (Å²) in [6.07, 6.45) is -3.66. The Labute approximate surface area is 77.3 Å². The molecule has 76 valence electrons. The van der Waals surface area contributed by atoms with Crippen molar-refractivity contribution in [3.8, 4) is 0 Å². The fourth-order valence-corrected chi connectivity index (χ4v) is 0.927. The lowest BCUT2D eigenvalue weighted by molar-refractivity contribution is -0.156. The average Bonchev–Trinajstić information content (AvgIpc) is 2.18. The van der Waals surface area contributed by atoms with Crippen molar-refractivity contribution in [3.05, 3.63) is 35.9 Å². The van der Waals surface area contributed by atoms with Crippen LogP contribution < -0.4 is 0 Å². The molecule has 0 fully saturated rings. The zero-order chi connectivity index (χ0) is 10.8. The first-order chi connectivity index (χ1) is 6.46. The predicted molar refractivity (Wildman–Crippen MR) is 41.3 cm³/mol. The monoisotopic (exact) mass is 206 g/mol. The second-order valence-corrected chi connectivity index (χ2v) is 2.61.